The number of rotatable bonds is 4. The summed E-state index contributed by atoms with van der Waals surface area (Å²) in [6, 6.07) is 10.0. The van der Waals surface area contributed by atoms with Crippen LogP contribution in [-0.2, 0) is 6.42 Å². The molecule has 0 unspecified atom stereocenters. The second kappa shape index (κ2) is 7.67. The van der Waals surface area contributed by atoms with Crippen molar-refractivity contribution in [2.45, 2.75) is 13.3 Å². The second-order valence-electron chi connectivity index (χ2n) is 6.89. The van der Waals surface area contributed by atoms with Gasteiger partial charge in [-0.1, -0.05) is 12.1 Å². The Kier molecular flexibility index (Phi) is 5.27. The summed E-state index contributed by atoms with van der Waals surface area (Å²) in [5.74, 6) is -0.841. The third-order valence-corrected chi connectivity index (χ3v) is 4.55. The molecule has 3 rings (SSSR count). The van der Waals surface area contributed by atoms with Gasteiger partial charge in [0.1, 0.15) is 11.3 Å². The van der Waals surface area contributed by atoms with Gasteiger partial charge < -0.3 is 25.5 Å². The molecule has 0 atom stereocenters. The molecule has 8 heteroatoms. The molecule has 2 aromatic carbocycles. The van der Waals surface area contributed by atoms with Gasteiger partial charge >= 0.3 is 11.7 Å². The van der Waals surface area contributed by atoms with Crippen molar-refractivity contribution in [3.8, 4) is 5.75 Å². The normalized spacial score (nSPS) is 10.7. The van der Waals surface area contributed by atoms with E-state index in [1.165, 1.54) is 31.1 Å². The Labute approximate surface area is 166 Å². The van der Waals surface area contributed by atoms with Crippen molar-refractivity contribution in [2.24, 2.45) is 5.73 Å². The van der Waals surface area contributed by atoms with Gasteiger partial charge in [0.05, 0.1) is 5.56 Å². The second-order valence-corrected chi connectivity index (χ2v) is 6.89. The molecule has 0 saturated heterocycles. The molecule has 0 fully saturated rings. The first-order chi connectivity index (χ1) is 13.7. The van der Waals surface area contributed by atoms with Gasteiger partial charge in [0.25, 0.3) is 5.91 Å². The molecule has 2 amide bonds. The van der Waals surface area contributed by atoms with Crippen LogP contribution in [0.5, 0.6) is 5.75 Å². The lowest BCUT2D eigenvalue weighted by molar-refractivity contribution is 0.0997. The Balaban J connectivity index is 2.15. The standard InChI is InChI=1S/C21H21N3O5/c1-11-14-9-16(19(23)25)18(29-21(27)24(2)3)10-17(14)28-20(26)15(11)8-12-5-4-6-13(22)7-12/h4-7,9-10H,8,22H2,1-3H3,(H2,23,25). The Morgan fingerprint density at radius 3 is 2.52 bits per heavy atom. The van der Waals surface area contributed by atoms with Gasteiger partial charge in [-0.3, -0.25) is 4.79 Å². The molecule has 0 aliphatic heterocycles. The van der Waals surface area contributed by atoms with E-state index < -0.39 is 17.6 Å². The topological polar surface area (TPSA) is 129 Å². The van der Waals surface area contributed by atoms with E-state index in [4.69, 9.17) is 20.6 Å². The zero-order chi connectivity index (χ0) is 21.3. The minimum Gasteiger partial charge on any atom is -0.422 e. The van der Waals surface area contributed by atoms with E-state index in [0.29, 0.717) is 28.6 Å². The van der Waals surface area contributed by atoms with E-state index >= 15 is 0 Å². The third-order valence-electron chi connectivity index (χ3n) is 4.55. The summed E-state index contributed by atoms with van der Waals surface area (Å²) in [7, 11) is 3.00. The number of carbonyl (C=O) groups excluding carboxylic acids is 2. The molecule has 0 aliphatic carbocycles. The van der Waals surface area contributed by atoms with E-state index in [-0.39, 0.29) is 16.9 Å². The number of nitrogen functional groups attached to an aromatic ring is 1. The first-order valence-electron chi connectivity index (χ1n) is 8.81. The molecule has 0 spiro atoms. The number of benzene rings is 2. The van der Waals surface area contributed by atoms with E-state index in [0.717, 1.165) is 5.56 Å². The van der Waals surface area contributed by atoms with Gasteiger partial charge in [0, 0.05) is 43.2 Å². The first kappa shape index (κ1) is 19.9. The SMILES string of the molecule is Cc1c(Cc2cccc(N)c2)c(=O)oc2cc(OC(=O)N(C)C)c(C(N)=O)cc12. The first-order valence-corrected chi connectivity index (χ1v) is 8.81. The minimum atomic E-state index is -0.767. The molecular weight excluding hydrogens is 374 g/mol. The van der Waals surface area contributed by atoms with Crippen LogP contribution in [0.2, 0.25) is 0 Å². The minimum absolute atomic E-state index is 0.0135. The summed E-state index contributed by atoms with van der Waals surface area (Å²) in [6.07, 6.45) is -0.373. The smallest absolute Gasteiger partial charge is 0.414 e. The fourth-order valence-corrected chi connectivity index (χ4v) is 2.99. The van der Waals surface area contributed by atoms with E-state index in [9.17, 15) is 14.4 Å². The predicted molar refractivity (Wildman–Crippen MR) is 109 cm³/mol. The van der Waals surface area contributed by atoms with Crippen molar-refractivity contribution < 1.29 is 18.7 Å². The van der Waals surface area contributed by atoms with Crippen LogP contribution in [0.4, 0.5) is 10.5 Å². The Morgan fingerprint density at radius 2 is 1.90 bits per heavy atom. The van der Waals surface area contributed by atoms with Crippen molar-refractivity contribution in [1.29, 1.82) is 0 Å². The van der Waals surface area contributed by atoms with Crippen molar-refractivity contribution in [1.82, 2.24) is 4.90 Å². The van der Waals surface area contributed by atoms with Crippen LogP contribution >= 0.6 is 0 Å². The highest BCUT2D eigenvalue weighted by Crippen LogP contribution is 2.29. The number of ether oxygens (including phenoxy) is 1. The van der Waals surface area contributed by atoms with E-state index in [1.54, 1.807) is 25.1 Å². The average Bonchev–Trinajstić information content (AvgIpc) is 2.64. The van der Waals surface area contributed by atoms with Gasteiger partial charge in [-0.2, -0.15) is 0 Å². The third kappa shape index (κ3) is 4.06. The van der Waals surface area contributed by atoms with Gasteiger partial charge in [-0.15, -0.1) is 0 Å². The molecule has 150 valence electrons. The van der Waals surface area contributed by atoms with Crippen molar-refractivity contribution in [2.75, 3.05) is 19.8 Å². The van der Waals surface area contributed by atoms with Crippen LogP contribution in [0.1, 0.15) is 27.0 Å². The van der Waals surface area contributed by atoms with Crippen LogP contribution in [0.15, 0.2) is 45.6 Å². The number of carbonyl (C=O) groups is 2. The zero-order valence-corrected chi connectivity index (χ0v) is 16.3. The monoisotopic (exact) mass is 395 g/mol. The number of hydrogen-bond donors (Lipinski definition) is 2. The summed E-state index contributed by atoms with van der Waals surface area (Å²) in [5.41, 5.74) is 13.5. The Morgan fingerprint density at radius 1 is 1.17 bits per heavy atom. The van der Waals surface area contributed by atoms with E-state index in [1.807, 2.05) is 6.07 Å². The van der Waals surface area contributed by atoms with Gasteiger partial charge in [-0.05, 0) is 36.2 Å². The lowest BCUT2D eigenvalue weighted by atomic mass is 9.98. The van der Waals surface area contributed by atoms with Crippen LogP contribution in [0.3, 0.4) is 0 Å². The maximum atomic E-state index is 12.6. The summed E-state index contributed by atoms with van der Waals surface area (Å²) in [5, 5.41) is 0.530. The number of aryl methyl sites for hydroxylation is 1. The van der Waals surface area contributed by atoms with Crippen molar-refractivity contribution in [3.63, 3.8) is 0 Å². The molecule has 4 N–H and O–H groups in total. The van der Waals surface area contributed by atoms with Crippen LogP contribution in [0.25, 0.3) is 11.0 Å². The Bertz CT molecular complexity index is 1180. The lowest BCUT2D eigenvalue weighted by Crippen LogP contribution is -2.26. The molecule has 3 aromatic rings. The summed E-state index contributed by atoms with van der Waals surface area (Å²) in [6.45, 7) is 1.76. The number of hydrogen-bond acceptors (Lipinski definition) is 6. The molecule has 0 bridgehead atoms. The van der Waals surface area contributed by atoms with Crippen molar-refractivity contribution in [3.05, 3.63) is 69.1 Å². The summed E-state index contributed by atoms with van der Waals surface area (Å²) < 4.78 is 10.7. The highest BCUT2D eigenvalue weighted by Gasteiger charge is 2.20. The Hall–Kier alpha value is -3.81. The van der Waals surface area contributed by atoms with Gasteiger partial charge in [-0.25, -0.2) is 9.59 Å². The zero-order valence-electron chi connectivity index (χ0n) is 16.3. The number of fused-ring (bicyclic) bond motifs is 1. The summed E-state index contributed by atoms with van der Waals surface area (Å²) in [4.78, 5) is 37.6. The predicted octanol–water partition coefficient (Wildman–Crippen LogP) is 2.43. The fourth-order valence-electron chi connectivity index (χ4n) is 2.99. The van der Waals surface area contributed by atoms with Crippen molar-refractivity contribution >= 4 is 28.7 Å². The molecule has 0 aliphatic rings. The van der Waals surface area contributed by atoms with Gasteiger partial charge in [0.2, 0.25) is 0 Å². The molecule has 0 radical (unpaired) electrons. The number of anilines is 1. The molecule has 1 heterocycles. The largest absolute Gasteiger partial charge is 0.422 e. The quantitative estimate of drug-likeness (QED) is 0.516. The fraction of sp³-hybridized carbons (Fsp3) is 0.190. The highest BCUT2D eigenvalue weighted by molar-refractivity contribution is 6.01. The summed E-state index contributed by atoms with van der Waals surface area (Å²) >= 11 is 0. The molecule has 0 saturated carbocycles. The molecular formula is C21H21N3O5. The molecule has 8 nitrogen and oxygen atoms in total. The van der Waals surface area contributed by atoms with Gasteiger partial charge in [0.15, 0.2) is 0 Å². The van der Waals surface area contributed by atoms with Crippen LogP contribution in [0, 0.1) is 6.92 Å². The number of nitrogens with zero attached hydrogens (tertiary/aromatic N) is 1. The maximum absolute atomic E-state index is 12.6. The maximum Gasteiger partial charge on any atom is 0.414 e. The number of nitrogens with two attached hydrogens (primary N) is 2. The highest BCUT2D eigenvalue weighted by atomic mass is 16.6. The lowest BCUT2D eigenvalue weighted by Gasteiger charge is -2.14. The van der Waals surface area contributed by atoms with E-state index in [2.05, 4.69) is 0 Å². The van der Waals surface area contributed by atoms with Crippen LogP contribution < -0.4 is 21.8 Å². The number of amides is 2. The molecule has 29 heavy (non-hydrogen) atoms. The van der Waals surface area contributed by atoms with Crippen LogP contribution in [-0.4, -0.2) is 31.0 Å². The number of primary amides is 1. The average molecular weight is 395 g/mol. The molecule has 1 aromatic heterocycles.